The van der Waals surface area contributed by atoms with Crippen LogP contribution in [0.2, 0.25) is 0 Å². The number of rotatable bonds is 8. The molecule has 0 radical (unpaired) electrons. The molecule has 0 bridgehead atoms. The Morgan fingerprint density at radius 1 is 0.826 bits per heavy atom. The molecule has 23 heavy (non-hydrogen) atoms. The fourth-order valence-electron chi connectivity index (χ4n) is 2.16. The molecule has 1 aliphatic heterocycles. The van der Waals surface area contributed by atoms with Crippen molar-refractivity contribution in [3.63, 3.8) is 0 Å². The van der Waals surface area contributed by atoms with Gasteiger partial charge in [-0.25, -0.2) is 0 Å². The highest BCUT2D eigenvalue weighted by Crippen LogP contribution is 2.24. The maximum atomic E-state index is 9.83. The quantitative estimate of drug-likeness (QED) is 0.203. The number of aliphatic hydroxyl groups excluding tert-OH is 9. The average molecular weight is 344 g/mol. The van der Waals surface area contributed by atoms with Gasteiger partial charge in [0.1, 0.15) is 48.8 Å². The van der Waals surface area contributed by atoms with E-state index in [1.807, 2.05) is 0 Å². The molecule has 1 fully saturated rings. The topological polar surface area (TPSA) is 201 Å². The number of hydrogen-bond acceptors (Lipinski definition) is 11. The monoisotopic (exact) mass is 344 g/mol. The van der Waals surface area contributed by atoms with Crippen LogP contribution in [0.4, 0.5) is 0 Å². The van der Waals surface area contributed by atoms with E-state index in [4.69, 9.17) is 24.8 Å². The minimum Gasteiger partial charge on any atom is -0.394 e. The van der Waals surface area contributed by atoms with E-state index in [9.17, 15) is 30.6 Å². The Kier molecular flexibility index (Phi) is 8.20. The Balaban J connectivity index is 2.89. The van der Waals surface area contributed by atoms with Crippen molar-refractivity contribution < 1.29 is 55.4 Å². The van der Waals surface area contributed by atoms with Crippen molar-refractivity contribution in [3.05, 3.63) is 0 Å². The third-order valence-electron chi connectivity index (χ3n) is 3.62. The Hall–Kier alpha value is -0.440. The fourth-order valence-corrected chi connectivity index (χ4v) is 2.16. The summed E-state index contributed by atoms with van der Waals surface area (Å²) in [6.45, 7) is -2.45. The van der Waals surface area contributed by atoms with Gasteiger partial charge in [0.25, 0.3) is 0 Å². The van der Waals surface area contributed by atoms with E-state index in [0.29, 0.717) is 0 Å². The molecule has 1 saturated heterocycles. The molecule has 11 nitrogen and oxygen atoms in total. The van der Waals surface area contributed by atoms with Gasteiger partial charge in [-0.3, -0.25) is 0 Å². The largest absolute Gasteiger partial charge is 0.394 e. The normalized spacial score (nSPS) is 37.2. The maximum absolute atomic E-state index is 9.83. The highest BCUT2D eigenvalue weighted by atomic mass is 16.7. The summed E-state index contributed by atoms with van der Waals surface area (Å²) in [7, 11) is 0. The van der Waals surface area contributed by atoms with Crippen molar-refractivity contribution in [1.29, 1.82) is 0 Å². The smallest absolute Gasteiger partial charge is 0.187 e. The molecular weight excluding hydrogens is 320 g/mol. The van der Waals surface area contributed by atoms with Crippen molar-refractivity contribution in [2.75, 3.05) is 19.8 Å². The Morgan fingerprint density at radius 2 is 1.39 bits per heavy atom. The average Bonchev–Trinajstić information content (AvgIpc) is 2.57. The lowest BCUT2D eigenvalue weighted by Crippen LogP contribution is -2.61. The Morgan fingerprint density at radius 3 is 1.87 bits per heavy atom. The predicted octanol–water partition coefficient (Wildman–Crippen LogP) is -5.76. The van der Waals surface area contributed by atoms with Crippen molar-refractivity contribution in [2.45, 2.75) is 55.1 Å². The van der Waals surface area contributed by atoms with Crippen LogP contribution in [0.5, 0.6) is 0 Å². The molecule has 0 aromatic carbocycles. The van der Waals surface area contributed by atoms with E-state index in [0.717, 1.165) is 0 Å². The Bertz CT molecular complexity index is 341. The first-order chi connectivity index (χ1) is 10.8. The zero-order valence-electron chi connectivity index (χ0n) is 12.2. The lowest BCUT2D eigenvalue weighted by molar-refractivity contribution is -0.327. The molecule has 3 unspecified atom stereocenters. The second-order valence-electron chi connectivity index (χ2n) is 5.29. The van der Waals surface area contributed by atoms with Crippen LogP contribution in [-0.2, 0) is 9.47 Å². The van der Waals surface area contributed by atoms with E-state index < -0.39 is 74.9 Å². The molecule has 0 saturated carbocycles. The van der Waals surface area contributed by atoms with Gasteiger partial charge < -0.3 is 55.4 Å². The van der Waals surface area contributed by atoms with E-state index in [-0.39, 0.29) is 0 Å². The van der Waals surface area contributed by atoms with Gasteiger partial charge in [-0.2, -0.15) is 0 Å². The first kappa shape index (κ1) is 20.6. The van der Waals surface area contributed by atoms with Gasteiger partial charge in [-0.05, 0) is 0 Å². The number of hydrogen-bond donors (Lipinski definition) is 9. The molecule has 1 aliphatic rings. The van der Waals surface area contributed by atoms with Crippen molar-refractivity contribution in [1.82, 2.24) is 0 Å². The molecule has 0 aromatic heterocycles. The van der Waals surface area contributed by atoms with Crippen LogP contribution in [0.3, 0.4) is 0 Å². The van der Waals surface area contributed by atoms with Crippen LogP contribution in [0.1, 0.15) is 0 Å². The van der Waals surface area contributed by atoms with Crippen LogP contribution in [0.15, 0.2) is 0 Å². The minimum atomic E-state index is -1.85. The minimum absolute atomic E-state index is 0.708. The van der Waals surface area contributed by atoms with Crippen molar-refractivity contribution >= 4 is 0 Å². The Labute approximate surface area is 131 Å². The van der Waals surface area contributed by atoms with Crippen LogP contribution >= 0.6 is 0 Å². The third-order valence-corrected chi connectivity index (χ3v) is 3.62. The highest BCUT2D eigenvalue weighted by molar-refractivity contribution is 4.91. The second-order valence-corrected chi connectivity index (χ2v) is 5.29. The molecule has 9 N–H and O–H groups in total. The van der Waals surface area contributed by atoms with Gasteiger partial charge in [0.15, 0.2) is 6.29 Å². The first-order valence-corrected chi connectivity index (χ1v) is 7.00. The van der Waals surface area contributed by atoms with Crippen LogP contribution < -0.4 is 0 Å². The molecule has 138 valence electrons. The molecule has 0 aliphatic carbocycles. The van der Waals surface area contributed by atoms with Gasteiger partial charge in [-0.1, -0.05) is 0 Å². The zero-order valence-corrected chi connectivity index (χ0v) is 12.2. The van der Waals surface area contributed by atoms with Gasteiger partial charge in [0.05, 0.1) is 19.8 Å². The maximum Gasteiger partial charge on any atom is 0.187 e. The molecule has 0 aromatic rings. The van der Waals surface area contributed by atoms with Crippen molar-refractivity contribution in [2.24, 2.45) is 0 Å². The summed E-state index contributed by atoms with van der Waals surface area (Å²) in [4.78, 5) is 0. The summed E-state index contributed by atoms with van der Waals surface area (Å²) in [5.41, 5.74) is 0. The van der Waals surface area contributed by atoms with Gasteiger partial charge in [0.2, 0.25) is 0 Å². The van der Waals surface area contributed by atoms with Gasteiger partial charge >= 0.3 is 0 Å². The summed E-state index contributed by atoms with van der Waals surface area (Å²) in [6.07, 6.45) is -15.1. The SMILES string of the molecule is OCC1O[C@H](O[C@@H]([C@H](O)[C@@H](O)CO)[C@H](O)CO)C(O)C(O)[C@@H]1O. The van der Waals surface area contributed by atoms with E-state index in [1.54, 1.807) is 0 Å². The second kappa shape index (κ2) is 9.15. The summed E-state index contributed by atoms with van der Waals surface area (Å²) >= 11 is 0. The summed E-state index contributed by atoms with van der Waals surface area (Å²) in [5, 5.41) is 84.9. The van der Waals surface area contributed by atoms with E-state index in [2.05, 4.69) is 0 Å². The van der Waals surface area contributed by atoms with Crippen LogP contribution in [-0.4, -0.2) is 121 Å². The van der Waals surface area contributed by atoms with E-state index >= 15 is 0 Å². The molecule has 0 spiro atoms. The summed E-state index contributed by atoms with van der Waals surface area (Å²) in [5.74, 6) is 0. The fraction of sp³-hybridized carbons (Fsp3) is 1.00. The standard InChI is InChI=1S/C12H24O11/c13-1-4(16)7(18)11(5(17)2-14)23-12-10(21)9(20)8(19)6(3-15)22-12/h4-21H,1-3H2/t4-,5+,6?,7+,8+,9?,10?,11+,12+/m0/s1. The summed E-state index contributed by atoms with van der Waals surface area (Å²) < 4.78 is 10.1. The van der Waals surface area contributed by atoms with E-state index in [1.165, 1.54) is 0 Å². The third kappa shape index (κ3) is 4.78. The van der Waals surface area contributed by atoms with Gasteiger partial charge in [0, 0.05) is 0 Å². The lowest BCUT2D eigenvalue weighted by atomic mass is 9.98. The first-order valence-electron chi connectivity index (χ1n) is 7.00. The number of ether oxygens (including phenoxy) is 2. The summed E-state index contributed by atoms with van der Waals surface area (Å²) in [6, 6.07) is 0. The molecule has 11 heteroatoms. The molecule has 0 amide bonds. The lowest BCUT2D eigenvalue weighted by Gasteiger charge is -2.42. The van der Waals surface area contributed by atoms with Crippen LogP contribution in [0, 0.1) is 0 Å². The zero-order chi connectivity index (χ0) is 17.7. The molecular formula is C12H24O11. The molecule has 9 atom stereocenters. The highest BCUT2D eigenvalue weighted by Gasteiger charge is 2.46. The van der Waals surface area contributed by atoms with Crippen molar-refractivity contribution in [3.8, 4) is 0 Å². The van der Waals surface area contributed by atoms with Gasteiger partial charge in [-0.15, -0.1) is 0 Å². The predicted molar refractivity (Wildman–Crippen MR) is 70.8 cm³/mol. The molecule has 1 heterocycles. The molecule has 1 rings (SSSR count). The number of aliphatic hydroxyl groups is 9. The van der Waals surface area contributed by atoms with Crippen LogP contribution in [0.25, 0.3) is 0 Å².